The molecule has 2 aromatic carbocycles. The maximum Gasteiger partial charge on any atom is 0.113 e. The van der Waals surface area contributed by atoms with Crippen LogP contribution in [0.2, 0.25) is 0 Å². The van der Waals surface area contributed by atoms with Gasteiger partial charge in [0.25, 0.3) is 0 Å². The zero-order valence-corrected chi connectivity index (χ0v) is 12.4. The van der Waals surface area contributed by atoms with Gasteiger partial charge in [-0.15, -0.1) is 0 Å². The molecule has 0 aliphatic rings. The molecular weight excluding hydrogens is 260 g/mol. The van der Waals surface area contributed by atoms with E-state index in [9.17, 15) is 5.11 Å². The van der Waals surface area contributed by atoms with Gasteiger partial charge in [0.1, 0.15) is 12.2 Å². The first-order valence-corrected chi connectivity index (χ1v) is 7.37. The molecule has 2 heteroatoms. The van der Waals surface area contributed by atoms with Crippen LogP contribution in [0, 0.1) is 0 Å². The van der Waals surface area contributed by atoms with E-state index in [1.165, 1.54) is 0 Å². The van der Waals surface area contributed by atoms with Crippen molar-refractivity contribution in [3.05, 3.63) is 83.9 Å². The summed E-state index contributed by atoms with van der Waals surface area (Å²) in [7, 11) is 0. The van der Waals surface area contributed by atoms with Crippen molar-refractivity contribution in [3.63, 3.8) is 0 Å². The van der Waals surface area contributed by atoms with Crippen LogP contribution in [0.25, 0.3) is 0 Å². The van der Waals surface area contributed by atoms with E-state index in [1.807, 2.05) is 66.7 Å². The van der Waals surface area contributed by atoms with Gasteiger partial charge in [-0.1, -0.05) is 79.7 Å². The normalized spacial score (nSPS) is 14.2. The lowest BCUT2D eigenvalue weighted by atomic mass is 9.98. The predicted molar refractivity (Wildman–Crippen MR) is 86.0 cm³/mol. The molecule has 0 spiro atoms. The standard InChI is InChI=1S/C19H22O2/c1-2-3-10-15-21-19(17-13-8-5-9-14-17)18(20)16-11-6-4-7-12-16/h3-14,18-20H,2,15H2,1H3/b10-3-/t18-,19-/m0/s1. The van der Waals surface area contributed by atoms with E-state index in [0.717, 1.165) is 17.5 Å². The molecule has 0 saturated heterocycles. The average Bonchev–Trinajstić information content (AvgIpc) is 2.56. The third-order valence-corrected chi connectivity index (χ3v) is 3.33. The van der Waals surface area contributed by atoms with Crippen LogP contribution in [0.3, 0.4) is 0 Å². The summed E-state index contributed by atoms with van der Waals surface area (Å²) in [4.78, 5) is 0. The van der Waals surface area contributed by atoms with Crippen molar-refractivity contribution in [1.82, 2.24) is 0 Å². The number of aliphatic hydroxyl groups is 1. The van der Waals surface area contributed by atoms with Crippen LogP contribution >= 0.6 is 0 Å². The summed E-state index contributed by atoms with van der Waals surface area (Å²) in [6.45, 7) is 2.58. The van der Waals surface area contributed by atoms with Crippen LogP contribution < -0.4 is 0 Å². The van der Waals surface area contributed by atoms with Gasteiger partial charge in [0.2, 0.25) is 0 Å². The Bertz CT molecular complexity index is 534. The molecule has 2 rings (SSSR count). The minimum absolute atomic E-state index is 0.366. The van der Waals surface area contributed by atoms with Crippen LogP contribution in [0.4, 0.5) is 0 Å². The fraction of sp³-hybridized carbons (Fsp3) is 0.263. The van der Waals surface area contributed by atoms with Gasteiger partial charge in [-0.05, 0) is 17.5 Å². The molecule has 2 nitrogen and oxygen atoms in total. The number of hydrogen-bond donors (Lipinski definition) is 1. The summed E-state index contributed by atoms with van der Waals surface area (Å²) in [6.07, 6.45) is 4.00. The Morgan fingerprint density at radius 2 is 1.48 bits per heavy atom. The number of hydrogen-bond acceptors (Lipinski definition) is 2. The molecule has 0 fully saturated rings. The maximum absolute atomic E-state index is 10.6. The maximum atomic E-state index is 10.6. The van der Waals surface area contributed by atoms with Crippen molar-refractivity contribution in [2.75, 3.05) is 6.61 Å². The van der Waals surface area contributed by atoms with Crippen molar-refractivity contribution in [2.24, 2.45) is 0 Å². The molecule has 0 heterocycles. The van der Waals surface area contributed by atoms with E-state index in [1.54, 1.807) is 0 Å². The molecule has 2 aromatic rings. The fourth-order valence-corrected chi connectivity index (χ4v) is 2.23. The minimum atomic E-state index is -0.677. The number of ether oxygens (including phenoxy) is 1. The molecule has 0 radical (unpaired) electrons. The van der Waals surface area contributed by atoms with Gasteiger partial charge in [-0.3, -0.25) is 0 Å². The highest BCUT2D eigenvalue weighted by atomic mass is 16.5. The first-order chi connectivity index (χ1) is 10.3. The zero-order valence-electron chi connectivity index (χ0n) is 12.4. The van der Waals surface area contributed by atoms with Crippen LogP contribution in [0.15, 0.2) is 72.8 Å². The van der Waals surface area contributed by atoms with Gasteiger partial charge >= 0.3 is 0 Å². The lowest BCUT2D eigenvalue weighted by Crippen LogP contribution is -2.14. The summed E-state index contributed by atoms with van der Waals surface area (Å²) >= 11 is 0. The van der Waals surface area contributed by atoms with Crippen LogP contribution in [-0.2, 0) is 4.74 Å². The highest BCUT2D eigenvalue weighted by Crippen LogP contribution is 2.31. The summed E-state index contributed by atoms with van der Waals surface area (Å²) in [5.41, 5.74) is 1.85. The molecule has 0 bridgehead atoms. The largest absolute Gasteiger partial charge is 0.385 e. The molecule has 1 N–H and O–H groups in total. The van der Waals surface area contributed by atoms with Crippen molar-refractivity contribution < 1.29 is 9.84 Å². The summed E-state index contributed by atoms with van der Waals surface area (Å²) in [5, 5.41) is 10.6. The summed E-state index contributed by atoms with van der Waals surface area (Å²) in [5.74, 6) is 0. The highest BCUT2D eigenvalue weighted by molar-refractivity contribution is 5.25. The van der Waals surface area contributed by atoms with Gasteiger partial charge < -0.3 is 9.84 Å². The third kappa shape index (κ3) is 4.55. The van der Waals surface area contributed by atoms with Gasteiger partial charge in [-0.25, -0.2) is 0 Å². The van der Waals surface area contributed by atoms with E-state index in [4.69, 9.17) is 4.74 Å². The molecule has 110 valence electrons. The average molecular weight is 282 g/mol. The molecule has 2 atom stereocenters. The van der Waals surface area contributed by atoms with Gasteiger partial charge in [0.15, 0.2) is 0 Å². The third-order valence-electron chi connectivity index (χ3n) is 3.33. The molecule has 0 aliphatic heterocycles. The molecule has 0 unspecified atom stereocenters. The molecule has 0 amide bonds. The number of rotatable bonds is 7. The molecule has 0 saturated carbocycles. The summed E-state index contributed by atoms with van der Waals surface area (Å²) in [6, 6.07) is 19.5. The quantitative estimate of drug-likeness (QED) is 0.760. The first-order valence-electron chi connectivity index (χ1n) is 7.37. The van der Waals surface area contributed by atoms with E-state index < -0.39 is 6.10 Å². The van der Waals surface area contributed by atoms with Crippen molar-refractivity contribution in [1.29, 1.82) is 0 Å². The Hall–Kier alpha value is -1.90. The Balaban J connectivity index is 2.17. The van der Waals surface area contributed by atoms with Crippen molar-refractivity contribution >= 4 is 0 Å². The second-order valence-electron chi connectivity index (χ2n) is 4.90. The zero-order chi connectivity index (χ0) is 14.9. The van der Waals surface area contributed by atoms with E-state index in [2.05, 4.69) is 13.0 Å². The number of allylic oxidation sites excluding steroid dienone is 1. The van der Waals surface area contributed by atoms with Gasteiger partial charge in [0.05, 0.1) is 6.61 Å². The topological polar surface area (TPSA) is 29.5 Å². The van der Waals surface area contributed by atoms with Crippen LogP contribution in [-0.4, -0.2) is 11.7 Å². The number of benzene rings is 2. The highest BCUT2D eigenvalue weighted by Gasteiger charge is 2.22. The Morgan fingerprint density at radius 3 is 2.05 bits per heavy atom. The van der Waals surface area contributed by atoms with E-state index >= 15 is 0 Å². The fourth-order valence-electron chi connectivity index (χ4n) is 2.23. The van der Waals surface area contributed by atoms with Gasteiger partial charge in [0, 0.05) is 0 Å². The second kappa shape index (κ2) is 8.40. The number of aliphatic hydroxyl groups excluding tert-OH is 1. The second-order valence-corrected chi connectivity index (χ2v) is 4.90. The SMILES string of the molecule is CC/C=C\CO[C@@H](c1ccccc1)[C@@H](O)c1ccccc1. The first kappa shape index (κ1) is 15.5. The van der Waals surface area contributed by atoms with Crippen molar-refractivity contribution in [2.45, 2.75) is 25.6 Å². The lowest BCUT2D eigenvalue weighted by molar-refractivity contribution is -0.0300. The van der Waals surface area contributed by atoms with E-state index in [0.29, 0.717) is 6.61 Å². The summed E-state index contributed by atoms with van der Waals surface area (Å²) < 4.78 is 5.91. The van der Waals surface area contributed by atoms with Crippen LogP contribution in [0.5, 0.6) is 0 Å². The Labute approximate surface area is 126 Å². The van der Waals surface area contributed by atoms with Gasteiger partial charge in [-0.2, -0.15) is 0 Å². The Kier molecular flexibility index (Phi) is 6.20. The Morgan fingerprint density at radius 1 is 0.905 bits per heavy atom. The minimum Gasteiger partial charge on any atom is -0.385 e. The lowest BCUT2D eigenvalue weighted by Gasteiger charge is -2.23. The molecule has 0 aliphatic carbocycles. The van der Waals surface area contributed by atoms with E-state index in [-0.39, 0.29) is 6.10 Å². The van der Waals surface area contributed by atoms with Crippen LogP contribution in [0.1, 0.15) is 36.7 Å². The smallest absolute Gasteiger partial charge is 0.113 e. The molecular formula is C19H22O2. The monoisotopic (exact) mass is 282 g/mol. The van der Waals surface area contributed by atoms with Crippen molar-refractivity contribution in [3.8, 4) is 0 Å². The molecule has 0 aromatic heterocycles. The molecule has 21 heavy (non-hydrogen) atoms. The predicted octanol–water partition coefficient (Wildman–Crippen LogP) is 4.44.